The second-order valence-electron chi connectivity index (χ2n) is 8.21. The van der Waals surface area contributed by atoms with Crippen LogP contribution in [0.25, 0.3) is 0 Å². The number of carbonyl (C=O) groups is 1. The van der Waals surface area contributed by atoms with E-state index >= 15 is 0 Å². The van der Waals surface area contributed by atoms with E-state index in [1.54, 1.807) is 6.20 Å². The molecule has 0 saturated carbocycles. The maximum absolute atomic E-state index is 12.5. The van der Waals surface area contributed by atoms with Crippen LogP contribution in [0, 0.1) is 0 Å². The Bertz CT molecular complexity index is 804. The van der Waals surface area contributed by atoms with Crippen LogP contribution in [0.1, 0.15) is 44.9 Å². The van der Waals surface area contributed by atoms with Crippen LogP contribution >= 0.6 is 22.9 Å². The molecule has 1 atom stereocenters. The van der Waals surface area contributed by atoms with Crippen molar-refractivity contribution < 1.29 is 9.53 Å². The van der Waals surface area contributed by atoms with E-state index in [-0.39, 0.29) is 12.1 Å². The summed E-state index contributed by atoms with van der Waals surface area (Å²) in [5.41, 5.74) is 1.60. The van der Waals surface area contributed by atoms with Gasteiger partial charge in [0.05, 0.1) is 12.6 Å². The van der Waals surface area contributed by atoms with Crippen LogP contribution in [-0.4, -0.2) is 40.7 Å². The number of rotatable bonds is 6. The van der Waals surface area contributed by atoms with Gasteiger partial charge in [0, 0.05) is 35.5 Å². The Labute approximate surface area is 181 Å². The highest BCUT2D eigenvalue weighted by Gasteiger charge is 2.30. The van der Waals surface area contributed by atoms with E-state index in [2.05, 4.69) is 15.6 Å². The minimum Gasteiger partial charge on any atom is -0.444 e. The molecule has 1 aliphatic heterocycles. The van der Waals surface area contributed by atoms with E-state index in [9.17, 15) is 4.79 Å². The summed E-state index contributed by atoms with van der Waals surface area (Å²) in [7, 11) is 0. The SMILES string of the molecule is CC(C)(C)OC(=O)N1CCCCC1CNc1ccc(NCc2cnc(Cl)s2)cc1. The maximum Gasteiger partial charge on any atom is 0.410 e. The van der Waals surface area contributed by atoms with Crippen LogP contribution in [-0.2, 0) is 11.3 Å². The fourth-order valence-corrected chi connectivity index (χ4v) is 4.19. The van der Waals surface area contributed by atoms with Gasteiger partial charge in [-0.25, -0.2) is 9.78 Å². The molecule has 1 aromatic heterocycles. The third-order valence-corrected chi connectivity index (χ3v) is 5.79. The van der Waals surface area contributed by atoms with Gasteiger partial charge < -0.3 is 20.3 Å². The van der Waals surface area contributed by atoms with Crippen molar-refractivity contribution in [1.82, 2.24) is 9.88 Å². The zero-order chi connectivity index (χ0) is 20.9. The van der Waals surface area contributed by atoms with Crippen molar-refractivity contribution in [3.63, 3.8) is 0 Å². The molecule has 2 heterocycles. The molecule has 0 bridgehead atoms. The number of likely N-dealkylation sites (tertiary alicyclic amines) is 1. The number of aromatic nitrogens is 1. The van der Waals surface area contributed by atoms with E-state index < -0.39 is 5.60 Å². The normalized spacial score (nSPS) is 17.1. The molecule has 29 heavy (non-hydrogen) atoms. The molecule has 1 fully saturated rings. The molecule has 2 N–H and O–H groups in total. The zero-order valence-electron chi connectivity index (χ0n) is 17.2. The third-order valence-electron chi connectivity index (χ3n) is 4.67. The molecule has 1 aliphatic rings. The topological polar surface area (TPSA) is 66.5 Å². The van der Waals surface area contributed by atoms with E-state index in [0.29, 0.717) is 17.6 Å². The molecule has 2 aromatic rings. The van der Waals surface area contributed by atoms with E-state index in [4.69, 9.17) is 16.3 Å². The molecule has 3 rings (SSSR count). The number of hydrogen-bond donors (Lipinski definition) is 2. The van der Waals surface area contributed by atoms with E-state index in [1.165, 1.54) is 11.3 Å². The van der Waals surface area contributed by atoms with Crippen molar-refractivity contribution >= 4 is 40.4 Å². The van der Waals surface area contributed by atoms with Crippen LogP contribution in [0.5, 0.6) is 0 Å². The number of hydrogen-bond acceptors (Lipinski definition) is 6. The van der Waals surface area contributed by atoms with Crippen molar-refractivity contribution in [2.75, 3.05) is 23.7 Å². The lowest BCUT2D eigenvalue weighted by Gasteiger charge is -2.37. The summed E-state index contributed by atoms with van der Waals surface area (Å²) in [5.74, 6) is 0. The lowest BCUT2D eigenvalue weighted by Crippen LogP contribution is -2.48. The highest BCUT2D eigenvalue weighted by atomic mass is 35.5. The Balaban J connectivity index is 1.50. The second-order valence-corrected chi connectivity index (χ2v) is 9.91. The summed E-state index contributed by atoms with van der Waals surface area (Å²) in [6.45, 7) is 7.88. The lowest BCUT2D eigenvalue weighted by molar-refractivity contribution is 0.0114. The average Bonchev–Trinajstić information content (AvgIpc) is 3.09. The summed E-state index contributed by atoms with van der Waals surface area (Å²) in [6, 6.07) is 8.31. The van der Waals surface area contributed by atoms with Gasteiger partial charge in [0.2, 0.25) is 0 Å². The number of carbonyl (C=O) groups excluding carboxylic acids is 1. The summed E-state index contributed by atoms with van der Waals surface area (Å²) in [6.07, 6.45) is 4.73. The molecule has 1 amide bonds. The Morgan fingerprint density at radius 1 is 1.24 bits per heavy atom. The molecular formula is C21H29ClN4O2S. The minimum atomic E-state index is -0.472. The molecule has 6 nitrogen and oxygen atoms in total. The molecule has 0 radical (unpaired) electrons. The Hall–Kier alpha value is -1.99. The number of halogens is 1. The molecule has 0 spiro atoms. The average molecular weight is 437 g/mol. The first-order chi connectivity index (χ1) is 13.8. The standard InChI is InChI=1S/C21H29ClN4O2S/c1-21(2,3)28-20(27)26-11-5-4-6-17(26)12-23-15-7-9-16(10-8-15)24-13-18-14-25-19(22)29-18/h7-10,14,17,23-24H,4-6,11-13H2,1-3H3. The second kappa shape index (κ2) is 9.67. The number of piperidine rings is 1. The third kappa shape index (κ3) is 6.78. The first-order valence-corrected chi connectivity index (χ1v) is 11.2. The Kier molecular flexibility index (Phi) is 7.24. The number of nitrogens with one attached hydrogen (secondary N) is 2. The van der Waals surface area contributed by atoms with Crippen LogP contribution in [0.2, 0.25) is 4.47 Å². The molecule has 1 saturated heterocycles. The number of anilines is 2. The first kappa shape index (κ1) is 21.7. The van der Waals surface area contributed by atoms with Gasteiger partial charge in [-0.3, -0.25) is 0 Å². The molecule has 8 heteroatoms. The number of nitrogens with zero attached hydrogens (tertiary/aromatic N) is 2. The molecule has 158 valence electrons. The summed E-state index contributed by atoms with van der Waals surface area (Å²) in [4.78, 5) is 19.5. The van der Waals surface area contributed by atoms with Crippen LogP contribution in [0.4, 0.5) is 16.2 Å². The van der Waals surface area contributed by atoms with Gasteiger partial charge >= 0.3 is 6.09 Å². The van der Waals surface area contributed by atoms with E-state index in [0.717, 1.165) is 42.1 Å². The fourth-order valence-electron chi connectivity index (χ4n) is 3.27. The monoisotopic (exact) mass is 436 g/mol. The maximum atomic E-state index is 12.5. The summed E-state index contributed by atoms with van der Waals surface area (Å²) < 4.78 is 6.14. The predicted octanol–water partition coefficient (Wildman–Crippen LogP) is 5.61. The van der Waals surface area contributed by atoms with Crippen LogP contribution in [0.3, 0.4) is 0 Å². The van der Waals surface area contributed by atoms with Gasteiger partial charge in [0.15, 0.2) is 4.47 Å². The fraction of sp³-hybridized carbons (Fsp3) is 0.524. The number of benzene rings is 1. The predicted molar refractivity (Wildman–Crippen MR) is 120 cm³/mol. The van der Waals surface area contributed by atoms with Gasteiger partial charge in [0.25, 0.3) is 0 Å². The van der Waals surface area contributed by atoms with Crippen molar-refractivity contribution in [2.24, 2.45) is 0 Å². The van der Waals surface area contributed by atoms with Gasteiger partial charge in [-0.2, -0.15) is 0 Å². The number of amides is 1. The molecular weight excluding hydrogens is 408 g/mol. The van der Waals surface area contributed by atoms with Crippen molar-refractivity contribution in [1.29, 1.82) is 0 Å². The quantitative estimate of drug-likeness (QED) is 0.616. The largest absolute Gasteiger partial charge is 0.444 e. The highest BCUT2D eigenvalue weighted by Crippen LogP contribution is 2.22. The zero-order valence-corrected chi connectivity index (χ0v) is 18.8. The molecule has 0 aliphatic carbocycles. The van der Waals surface area contributed by atoms with Gasteiger partial charge in [-0.05, 0) is 64.3 Å². The minimum absolute atomic E-state index is 0.146. The van der Waals surface area contributed by atoms with E-state index in [1.807, 2.05) is 49.9 Å². The van der Waals surface area contributed by atoms with Gasteiger partial charge in [-0.1, -0.05) is 11.6 Å². The van der Waals surface area contributed by atoms with Crippen molar-refractivity contribution in [3.8, 4) is 0 Å². The summed E-state index contributed by atoms with van der Waals surface area (Å²) >= 11 is 7.34. The number of ether oxygens (including phenoxy) is 1. The van der Waals surface area contributed by atoms with Gasteiger partial charge in [-0.15, -0.1) is 11.3 Å². The summed E-state index contributed by atoms with van der Waals surface area (Å²) in [5, 5.41) is 6.83. The lowest BCUT2D eigenvalue weighted by atomic mass is 10.0. The molecule has 1 unspecified atom stereocenters. The van der Waals surface area contributed by atoms with Gasteiger partial charge in [0.1, 0.15) is 5.60 Å². The van der Waals surface area contributed by atoms with Crippen molar-refractivity contribution in [3.05, 3.63) is 39.8 Å². The Morgan fingerprint density at radius 2 is 1.93 bits per heavy atom. The first-order valence-electron chi connectivity index (χ1n) is 9.98. The molecule has 1 aromatic carbocycles. The number of thiazole rings is 1. The smallest absolute Gasteiger partial charge is 0.410 e. The highest BCUT2D eigenvalue weighted by molar-refractivity contribution is 7.15. The van der Waals surface area contributed by atoms with Crippen molar-refractivity contribution in [2.45, 2.75) is 58.2 Å². The Morgan fingerprint density at radius 3 is 2.55 bits per heavy atom. The van der Waals surface area contributed by atoms with Crippen LogP contribution in [0.15, 0.2) is 30.5 Å². The van der Waals surface area contributed by atoms with Crippen LogP contribution < -0.4 is 10.6 Å².